The van der Waals surface area contributed by atoms with Crippen LogP contribution in [0.3, 0.4) is 0 Å². The Hall–Kier alpha value is -1.22. The molecule has 16 heavy (non-hydrogen) atoms. The van der Waals surface area contributed by atoms with Crippen molar-refractivity contribution in [1.29, 1.82) is 0 Å². The van der Waals surface area contributed by atoms with Crippen LogP contribution in [-0.2, 0) is 0 Å². The number of benzene rings is 1. The third-order valence-electron chi connectivity index (χ3n) is 3.54. The second-order valence-corrected chi connectivity index (χ2v) is 4.65. The van der Waals surface area contributed by atoms with Crippen molar-refractivity contribution in [3.05, 3.63) is 23.8 Å². The van der Waals surface area contributed by atoms with E-state index < -0.39 is 0 Å². The van der Waals surface area contributed by atoms with Crippen LogP contribution in [0, 0.1) is 0 Å². The first kappa shape index (κ1) is 9.97. The van der Waals surface area contributed by atoms with Crippen LogP contribution in [0.2, 0.25) is 0 Å². The van der Waals surface area contributed by atoms with E-state index in [1.54, 1.807) is 0 Å². The monoisotopic (exact) mass is 218 g/mol. The summed E-state index contributed by atoms with van der Waals surface area (Å²) in [6, 6.07) is 7.12. The Bertz CT molecular complexity index is 386. The molecule has 0 amide bonds. The Kier molecular flexibility index (Phi) is 2.48. The van der Waals surface area contributed by atoms with Crippen molar-refractivity contribution in [3.8, 4) is 5.75 Å². The van der Waals surface area contributed by atoms with Crippen LogP contribution in [0.1, 0.15) is 24.4 Å². The molecule has 2 heterocycles. The molecule has 1 unspecified atom stereocenters. The second kappa shape index (κ2) is 3.98. The number of hydrogen-bond donors (Lipinski definition) is 1. The summed E-state index contributed by atoms with van der Waals surface area (Å²) < 4.78 is 5.65. The lowest BCUT2D eigenvalue weighted by atomic mass is 10.0. The van der Waals surface area contributed by atoms with Crippen LogP contribution in [0.25, 0.3) is 0 Å². The molecule has 1 aromatic rings. The Morgan fingerprint density at radius 2 is 2.38 bits per heavy atom. The summed E-state index contributed by atoms with van der Waals surface area (Å²) >= 11 is 0. The molecule has 2 aliphatic heterocycles. The molecule has 3 rings (SSSR count). The van der Waals surface area contributed by atoms with Gasteiger partial charge in [0, 0.05) is 13.1 Å². The summed E-state index contributed by atoms with van der Waals surface area (Å²) in [7, 11) is 2.13. The van der Waals surface area contributed by atoms with Gasteiger partial charge in [-0.25, -0.2) is 0 Å². The standard InChI is InChI=1S/C13H18N2O/c1-15-7-8-16-13-5-4-10(9-12(13)15)11-3-2-6-14-11/h4-5,9,11,14H,2-3,6-8H2,1H3. The highest BCUT2D eigenvalue weighted by Crippen LogP contribution is 2.34. The van der Waals surface area contributed by atoms with Gasteiger partial charge >= 0.3 is 0 Å². The predicted molar refractivity (Wildman–Crippen MR) is 65.2 cm³/mol. The van der Waals surface area contributed by atoms with Crippen LogP contribution in [-0.4, -0.2) is 26.7 Å². The first-order valence-electron chi connectivity index (χ1n) is 6.06. The zero-order valence-electron chi connectivity index (χ0n) is 9.70. The average Bonchev–Trinajstić information content (AvgIpc) is 2.83. The lowest BCUT2D eigenvalue weighted by molar-refractivity contribution is 0.311. The maximum Gasteiger partial charge on any atom is 0.142 e. The minimum absolute atomic E-state index is 0.542. The number of nitrogens with one attached hydrogen (secondary N) is 1. The molecule has 2 aliphatic rings. The summed E-state index contributed by atoms with van der Waals surface area (Å²) in [5.74, 6) is 1.02. The average molecular weight is 218 g/mol. The fourth-order valence-corrected chi connectivity index (χ4v) is 2.55. The van der Waals surface area contributed by atoms with E-state index in [2.05, 4.69) is 35.5 Å². The summed E-state index contributed by atoms with van der Waals surface area (Å²) in [5.41, 5.74) is 2.63. The van der Waals surface area contributed by atoms with Crippen molar-refractivity contribution in [2.75, 3.05) is 31.6 Å². The second-order valence-electron chi connectivity index (χ2n) is 4.65. The largest absolute Gasteiger partial charge is 0.490 e. The molecular formula is C13H18N2O. The van der Waals surface area contributed by atoms with Crippen molar-refractivity contribution < 1.29 is 4.74 Å². The van der Waals surface area contributed by atoms with Gasteiger partial charge in [0.15, 0.2) is 0 Å². The lowest BCUT2D eigenvalue weighted by Gasteiger charge is -2.28. The number of ether oxygens (including phenoxy) is 1. The van der Waals surface area contributed by atoms with E-state index >= 15 is 0 Å². The van der Waals surface area contributed by atoms with Crippen LogP contribution >= 0.6 is 0 Å². The number of fused-ring (bicyclic) bond motifs is 1. The first-order chi connectivity index (χ1) is 7.84. The van der Waals surface area contributed by atoms with E-state index in [1.807, 2.05) is 0 Å². The van der Waals surface area contributed by atoms with Crippen molar-refractivity contribution >= 4 is 5.69 Å². The predicted octanol–water partition coefficient (Wildman–Crippen LogP) is 1.94. The van der Waals surface area contributed by atoms with Gasteiger partial charge < -0.3 is 15.0 Å². The van der Waals surface area contributed by atoms with Crippen LogP contribution in [0.4, 0.5) is 5.69 Å². The third-order valence-corrected chi connectivity index (χ3v) is 3.54. The molecule has 1 fully saturated rings. The van der Waals surface area contributed by atoms with Crippen molar-refractivity contribution in [2.24, 2.45) is 0 Å². The summed E-state index contributed by atoms with van der Waals surface area (Å²) in [5, 5.41) is 3.54. The highest BCUT2D eigenvalue weighted by Gasteiger charge is 2.20. The van der Waals surface area contributed by atoms with Gasteiger partial charge in [-0.05, 0) is 37.1 Å². The maximum absolute atomic E-state index is 5.65. The van der Waals surface area contributed by atoms with Gasteiger partial charge in [-0.2, -0.15) is 0 Å². The van der Waals surface area contributed by atoms with Gasteiger partial charge in [-0.3, -0.25) is 0 Å². The van der Waals surface area contributed by atoms with Crippen LogP contribution < -0.4 is 15.0 Å². The molecule has 1 N–H and O–H groups in total. The Balaban J connectivity index is 1.93. The zero-order chi connectivity index (χ0) is 11.0. The quantitative estimate of drug-likeness (QED) is 0.779. The maximum atomic E-state index is 5.65. The number of nitrogens with zero attached hydrogens (tertiary/aromatic N) is 1. The minimum atomic E-state index is 0.542. The number of anilines is 1. The molecule has 0 aliphatic carbocycles. The first-order valence-corrected chi connectivity index (χ1v) is 6.06. The van der Waals surface area contributed by atoms with Crippen molar-refractivity contribution in [3.63, 3.8) is 0 Å². The van der Waals surface area contributed by atoms with E-state index in [0.29, 0.717) is 6.04 Å². The Labute approximate surface area is 96.4 Å². The fraction of sp³-hybridized carbons (Fsp3) is 0.538. The molecule has 3 nitrogen and oxygen atoms in total. The van der Waals surface area contributed by atoms with Crippen LogP contribution in [0.5, 0.6) is 5.75 Å². The lowest BCUT2D eigenvalue weighted by Crippen LogP contribution is -2.29. The molecule has 0 spiro atoms. The molecule has 1 atom stereocenters. The fourth-order valence-electron chi connectivity index (χ4n) is 2.55. The van der Waals surface area contributed by atoms with Crippen molar-refractivity contribution in [1.82, 2.24) is 5.32 Å². The Morgan fingerprint density at radius 3 is 3.19 bits per heavy atom. The molecule has 1 saturated heterocycles. The molecule has 0 saturated carbocycles. The van der Waals surface area contributed by atoms with Crippen molar-refractivity contribution in [2.45, 2.75) is 18.9 Å². The normalized spacial score (nSPS) is 24.1. The van der Waals surface area contributed by atoms with Crippen LogP contribution in [0.15, 0.2) is 18.2 Å². The van der Waals surface area contributed by atoms with Gasteiger partial charge in [-0.1, -0.05) is 6.07 Å². The van der Waals surface area contributed by atoms with E-state index in [4.69, 9.17) is 4.74 Å². The van der Waals surface area contributed by atoms with Gasteiger partial charge in [0.2, 0.25) is 0 Å². The molecule has 0 radical (unpaired) electrons. The molecule has 3 heteroatoms. The van der Waals surface area contributed by atoms with Gasteiger partial charge in [0.05, 0.1) is 12.2 Å². The molecule has 86 valence electrons. The minimum Gasteiger partial charge on any atom is -0.490 e. The SMILES string of the molecule is CN1CCOc2ccc(C3CCCN3)cc21. The summed E-state index contributed by atoms with van der Waals surface area (Å²) in [4.78, 5) is 2.28. The molecule has 0 aromatic heterocycles. The van der Waals surface area contributed by atoms with E-state index in [-0.39, 0.29) is 0 Å². The zero-order valence-corrected chi connectivity index (χ0v) is 9.70. The summed E-state index contributed by atoms with van der Waals surface area (Å²) in [6.07, 6.45) is 2.54. The highest BCUT2D eigenvalue weighted by molar-refractivity contribution is 5.61. The molecule has 0 bridgehead atoms. The highest BCUT2D eigenvalue weighted by atomic mass is 16.5. The van der Waals surface area contributed by atoms with Gasteiger partial charge in [0.25, 0.3) is 0 Å². The topological polar surface area (TPSA) is 24.5 Å². The number of hydrogen-bond acceptors (Lipinski definition) is 3. The van der Waals surface area contributed by atoms with E-state index in [0.717, 1.165) is 25.4 Å². The smallest absolute Gasteiger partial charge is 0.142 e. The Morgan fingerprint density at radius 1 is 1.44 bits per heavy atom. The summed E-state index contributed by atoms with van der Waals surface area (Å²) in [6.45, 7) is 2.92. The van der Waals surface area contributed by atoms with E-state index in [9.17, 15) is 0 Å². The number of likely N-dealkylation sites (N-methyl/N-ethyl adjacent to an activating group) is 1. The molecule has 1 aromatic carbocycles. The van der Waals surface area contributed by atoms with E-state index in [1.165, 1.54) is 24.1 Å². The number of rotatable bonds is 1. The molecular weight excluding hydrogens is 200 g/mol. The third kappa shape index (κ3) is 1.65. The van der Waals surface area contributed by atoms with Gasteiger partial charge in [0.1, 0.15) is 12.4 Å². The van der Waals surface area contributed by atoms with Gasteiger partial charge in [-0.15, -0.1) is 0 Å².